The maximum Gasteiger partial charge on any atom is 0.323 e. The molecule has 0 spiro atoms. The highest BCUT2D eigenvalue weighted by molar-refractivity contribution is 6.99. The van der Waals surface area contributed by atoms with E-state index in [1.165, 1.54) is 25.7 Å². The van der Waals surface area contributed by atoms with Crippen molar-refractivity contribution >= 4 is 30.6 Å². The van der Waals surface area contributed by atoms with Crippen molar-refractivity contribution in [1.82, 2.24) is 0 Å². The molecule has 0 aliphatic rings. The molecule has 3 rings (SSSR count). The number of aryl methyl sites for hydroxylation is 1. The molecule has 0 fully saturated rings. The van der Waals surface area contributed by atoms with E-state index in [0.29, 0.717) is 13.0 Å². The summed E-state index contributed by atoms with van der Waals surface area (Å²) in [5.41, 5.74) is -0.503. The molecule has 0 heterocycles. The average molecular weight is 661 g/mol. The van der Waals surface area contributed by atoms with Crippen molar-refractivity contribution in [3.8, 4) is 5.75 Å². The van der Waals surface area contributed by atoms with E-state index in [4.69, 9.17) is 18.6 Å². The van der Waals surface area contributed by atoms with Gasteiger partial charge in [-0.25, -0.2) is 0 Å². The summed E-state index contributed by atoms with van der Waals surface area (Å²) in [4.78, 5) is 27.5. The molecule has 3 aromatic carbocycles. The topological polar surface area (TPSA) is 71.1 Å². The molecule has 0 saturated heterocycles. The van der Waals surface area contributed by atoms with Crippen LogP contribution in [0.3, 0.4) is 0 Å². The Morgan fingerprint density at radius 3 is 1.66 bits per heavy atom. The Hall–Kier alpha value is -3.42. The quantitative estimate of drug-likeness (QED) is 0.0529. The van der Waals surface area contributed by atoms with Gasteiger partial charge < -0.3 is 18.6 Å². The SMILES string of the molecule is CCCCCCCOc1ccc(CCC(CCO[Si](c2ccccc2)(c2ccccc2)C(C)(C)C)(C(=O)OCC)C(=O)OCC)cc1. The third kappa shape index (κ3) is 10.0. The highest BCUT2D eigenvalue weighted by Crippen LogP contribution is 2.39. The van der Waals surface area contributed by atoms with Crippen LogP contribution in [-0.2, 0) is 29.9 Å². The number of esters is 2. The van der Waals surface area contributed by atoms with Gasteiger partial charge in [-0.1, -0.05) is 126 Å². The van der Waals surface area contributed by atoms with E-state index in [1.807, 2.05) is 60.7 Å². The number of hydrogen-bond acceptors (Lipinski definition) is 6. The first-order chi connectivity index (χ1) is 22.6. The number of carbonyl (C=O) groups excluding carboxylic acids is 2. The molecule has 0 bridgehead atoms. The van der Waals surface area contributed by atoms with Crippen molar-refractivity contribution in [1.29, 1.82) is 0 Å². The Kier molecular flexibility index (Phi) is 15.2. The molecule has 7 heteroatoms. The fourth-order valence-electron chi connectivity index (χ4n) is 6.30. The van der Waals surface area contributed by atoms with E-state index in [0.717, 1.165) is 28.1 Å². The van der Waals surface area contributed by atoms with Crippen molar-refractivity contribution < 1.29 is 28.2 Å². The Balaban J connectivity index is 1.87. The van der Waals surface area contributed by atoms with Gasteiger partial charge in [0.15, 0.2) is 5.41 Å². The number of benzene rings is 3. The van der Waals surface area contributed by atoms with Crippen LogP contribution in [0.2, 0.25) is 5.04 Å². The number of ether oxygens (including phenoxy) is 3. The van der Waals surface area contributed by atoms with Crippen LogP contribution < -0.4 is 15.1 Å². The zero-order valence-corrected chi connectivity index (χ0v) is 30.5. The van der Waals surface area contributed by atoms with Gasteiger partial charge in [-0.15, -0.1) is 0 Å². The number of unbranched alkanes of at least 4 members (excludes halogenated alkanes) is 4. The van der Waals surface area contributed by atoms with Gasteiger partial charge in [0.05, 0.1) is 19.8 Å². The highest BCUT2D eigenvalue weighted by atomic mass is 28.4. The fourth-order valence-corrected chi connectivity index (χ4v) is 10.9. The summed E-state index contributed by atoms with van der Waals surface area (Å²) in [5.74, 6) is -0.301. The molecule has 6 nitrogen and oxygen atoms in total. The zero-order chi connectivity index (χ0) is 34.2. The number of rotatable bonds is 20. The van der Waals surface area contributed by atoms with Gasteiger partial charge in [0.2, 0.25) is 0 Å². The van der Waals surface area contributed by atoms with Gasteiger partial charge >= 0.3 is 11.9 Å². The second-order valence-corrected chi connectivity index (χ2v) is 17.5. The van der Waals surface area contributed by atoms with Crippen LogP contribution in [0.25, 0.3) is 0 Å². The van der Waals surface area contributed by atoms with Crippen LogP contribution in [0.1, 0.15) is 92.1 Å². The van der Waals surface area contributed by atoms with Gasteiger partial charge in [0, 0.05) is 6.61 Å². The molecule has 0 unspecified atom stereocenters. The van der Waals surface area contributed by atoms with Gasteiger partial charge in [-0.3, -0.25) is 9.59 Å². The molecule has 47 heavy (non-hydrogen) atoms. The summed E-state index contributed by atoms with van der Waals surface area (Å²) in [6.45, 7) is 13.6. The third-order valence-corrected chi connectivity index (χ3v) is 13.9. The van der Waals surface area contributed by atoms with E-state index in [-0.39, 0.29) is 37.7 Å². The maximum atomic E-state index is 13.8. The zero-order valence-electron chi connectivity index (χ0n) is 29.5. The van der Waals surface area contributed by atoms with E-state index < -0.39 is 25.7 Å². The molecular formula is C40H56O6Si. The Morgan fingerprint density at radius 1 is 0.638 bits per heavy atom. The number of carbonyl (C=O) groups is 2. The van der Waals surface area contributed by atoms with Crippen LogP contribution in [0, 0.1) is 5.41 Å². The van der Waals surface area contributed by atoms with Gasteiger partial charge in [0.1, 0.15) is 5.75 Å². The predicted octanol–water partition coefficient (Wildman–Crippen LogP) is 8.05. The summed E-state index contributed by atoms with van der Waals surface area (Å²) in [6.07, 6.45) is 6.83. The van der Waals surface area contributed by atoms with Gasteiger partial charge in [0.25, 0.3) is 8.32 Å². The van der Waals surface area contributed by atoms with Gasteiger partial charge in [-0.2, -0.15) is 0 Å². The van der Waals surface area contributed by atoms with Crippen molar-refractivity contribution in [3.05, 3.63) is 90.5 Å². The fraction of sp³-hybridized carbons (Fsp3) is 0.500. The first kappa shape index (κ1) is 38.0. The van der Waals surface area contributed by atoms with Gasteiger partial charge in [-0.05, 0) is 72.6 Å². The molecule has 0 N–H and O–H groups in total. The van der Waals surface area contributed by atoms with Crippen LogP contribution in [0.4, 0.5) is 0 Å². The molecule has 0 saturated carbocycles. The Labute approximate surface area is 284 Å². The monoisotopic (exact) mass is 660 g/mol. The minimum absolute atomic E-state index is 0.147. The first-order valence-corrected chi connectivity index (χ1v) is 19.4. The maximum absolute atomic E-state index is 13.8. The summed E-state index contributed by atoms with van der Waals surface area (Å²) in [6, 6.07) is 28.7. The van der Waals surface area contributed by atoms with Crippen molar-refractivity contribution in [2.45, 2.75) is 97.9 Å². The van der Waals surface area contributed by atoms with E-state index in [2.05, 4.69) is 52.0 Å². The summed E-state index contributed by atoms with van der Waals surface area (Å²) in [7, 11) is -2.89. The van der Waals surface area contributed by atoms with E-state index in [9.17, 15) is 9.59 Å². The summed E-state index contributed by atoms with van der Waals surface area (Å²) in [5, 5.41) is 2.03. The Bertz CT molecular complexity index is 1280. The average Bonchev–Trinajstić information content (AvgIpc) is 3.07. The minimum Gasteiger partial charge on any atom is -0.494 e. The van der Waals surface area contributed by atoms with Crippen LogP contribution >= 0.6 is 0 Å². The van der Waals surface area contributed by atoms with Crippen LogP contribution in [0.15, 0.2) is 84.9 Å². The molecule has 256 valence electrons. The molecule has 0 aliphatic heterocycles. The highest BCUT2D eigenvalue weighted by Gasteiger charge is 2.52. The standard InChI is InChI=1S/C40H56O6Si/c1-7-10-11-12-19-31-45-34-26-24-33(25-27-34)28-29-40(37(41)43-8-2,38(42)44-9-3)30-32-46-47(39(4,5)6,35-20-15-13-16-21-35)36-22-17-14-18-23-36/h13-18,20-27H,7-12,19,28-32H2,1-6H3. The molecule has 0 aromatic heterocycles. The van der Waals surface area contributed by atoms with Crippen LogP contribution in [-0.4, -0.2) is 46.7 Å². The van der Waals surface area contributed by atoms with E-state index in [1.54, 1.807) is 13.8 Å². The summed E-state index contributed by atoms with van der Waals surface area (Å²) < 4.78 is 24.2. The molecule has 0 aliphatic carbocycles. The third-order valence-electron chi connectivity index (χ3n) is 8.88. The smallest absolute Gasteiger partial charge is 0.323 e. The number of hydrogen-bond donors (Lipinski definition) is 0. The van der Waals surface area contributed by atoms with E-state index >= 15 is 0 Å². The Morgan fingerprint density at radius 2 is 1.17 bits per heavy atom. The van der Waals surface area contributed by atoms with Crippen molar-refractivity contribution in [2.75, 3.05) is 26.4 Å². The van der Waals surface area contributed by atoms with Crippen molar-refractivity contribution in [3.63, 3.8) is 0 Å². The lowest BCUT2D eigenvalue weighted by molar-refractivity contribution is -0.174. The lowest BCUT2D eigenvalue weighted by Gasteiger charge is -2.43. The lowest BCUT2D eigenvalue weighted by atomic mass is 9.79. The van der Waals surface area contributed by atoms with Crippen LogP contribution in [0.5, 0.6) is 5.75 Å². The minimum atomic E-state index is -2.89. The second kappa shape index (κ2) is 18.8. The normalized spacial score (nSPS) is 12.0. The molecule has 0 atom stereocenters. The van der Waals surface area contributed by atoms with Crippen molar-refractivity contribution in [2.24, 2.45) is 5.41 Å². The largest absolute Gasteiger partial charge is 0.494 e. The lowest BCUT2D eigenvalue weighted by Crippen LogP contribution is -2.66. The molecule has 0 radical (unpaired) electrons. The first-order valence-electron chi connectivity index (χ1n) is 17.5. The molecule has 0 amide bonds. The predicted molar refractivity (Wildman–Crippen MR) is 193 cm³/mol. The second-order valence-electron chi connectivity index (χ2n) is 13.2. The molecular weight excluding hydrogens is 605 g/mol. The summed E-state index contributed by atoms with van der Waals surface area (Å²) >= 11 is 0. The molecule has 3 aromatic rings.